The molecule has 0 atom stereocenters. The molecule has 0 aliphatic carbocycles. The van der Waals surface area contributed by atoms with E-state index in [1.54, 1.807) is 6.08 Å². The maximum Gasteiger partial charge on any atom is 0.264 e. The lowest BCUT2D eigenvalue weighted by Gasteiger charge is -2.16. The summed E-state index contributed by atoms with van der Waals surface area (Å²) in [5.74, 6) is 1.30. The molecule has 8 heteroatoms. The topological polar surface area (TPSA) is 57.8 Å². The molecular weight excluding hydrogens is 438 g/mol. The summed E-state index contributed by atoms with van der Waals surface area (Å²) in [5, 5.41) is 3.35. The van der Waals surface area contributed by atoms with Gasteiger partial charge >= 0.3 is 0 Å². The van der Waals surface area contributed by atoms with Crippen LogP contribution in [0, 0.1) is 0 Å². The van der Waals surface area contributed by atoms with Gasteiger partial charge in [-0.2, -0.15) is 0 Å². The predicted octanol–water partition coefficient (Wildman–Crippen LogP) is 5.20. The molecule has 5 nitrogen and oxygen atoms in total. The third-order valence-corrected chi connectivity index (χ3v) is 5.11. The summed E-state index contributed by atoms with van der Waals surface area (Å²) in [6.45, 7) is 5.91. The van der Waals surface area contributed by atoms with Crippen molar-refractivity contribution in [3.05, 3.63) is 51.5 Å². The van der Waals surface area contributed by atoms with Gasteiger partial charge in [-0.15, -0.1) is 12.4 Å². The van der Waals surface area contributed by atoms with Gasteiger partial charge in [-0.05, 0) is 55.9 Å². The molecule has 0 unspecified atom stereocenters. The first kappa shape index (κ1) is 20.6. The first-order chi connectivity index (χ1) is 12.1. The number of carbonyl (C=O) groups is 1. The van der Waals surface area contributed by atoms with Crippen molar-refractivity contribution in [2.45, 2.75) is 13.8 Å². The van der Waals surface area contributed by atoms with Gasteiger partial charge in [0.1, 0.15) is 5.76 Å². The van der Waals surface area contributed by atoms with Crippen LogP contribution in [0.4, 0.5) is 11.6 Å². The number of nitrogens with one attached hydrogen (secondary N) is 1. The fourth-order valence-electron chi connectivity index (χ4n) is 2.37. The highest BCUT2D eigenvalue weighted by Gasteiger charge is 2.24. The first-order valence-electron chi connectivity index (χ1n) is 7.99. The summed E-state index contributed by atoms with van der Waals surface area (Å²) < 4.78 is 6.80. The van der Waals surface area contributed by atoms with Gasteiger partial charge in [0, 0.05) is 29.7 Å². The molecule has 0 radical (unpaired) electrons. The minimum Gasteiger partial charge on any atom is -0.441 e. The number of hydrogen-bond donors (Lipinski definition) is 1. The van der Waals surface area contributed by atoms with E-state index in [0.29, 0.717) is 15.8 Å². The zero-order chi connectivity index (χ0) is 17.8. The second-order valence-corrected chi connectivity index (χ2v) is 7.25. The van der Waals surface area contributed by atoms with Crippen LogP contribution in [0.1, 0.15) is 19.6 Å². The number of rotatable bonds is 5. The molecule has 0 saturated carbocycles. The zero-order valence-corrected chi connectivity index (χ0v) is 17.6. The summed E-state index contributed by atoms with van der Waals surface area (Å²) in [6.07, 6.45) is 1.75. The number of aliphatic imine (C=N–C) groups is 1. The largest absolute Gasteiger partial charge is 0.441 e. The molecule has 1 fully saturated rings. The van der Waals surface area contributed by atoms with E-state index in [9.17, 15) is 4.79 Å². The monoisotopic (exact) mass is 455 g/mol. The van der Waals surface area contributed by atoms with E-state index in [4.69, 9.17) is 4.42 Å². The molecule has 0 bridgehead atoms. The van der Waals surface area contributed by atoms with Gasteiger partial charge in [0.2, 0.25) is 0 Å². The third-order valence-electron chi connectivity index (χ3n) is 3.67. The van der Waals surface area contributed by atoms with Crippen molar-refractivity contribution in [3.8, 4) is 0 Å². The van der Waals surface area contributed by atoms with E-state index in [1.165, 1.54) is 11.8 Å². The second-order valence-electron chi connectivity index (χ2n) is 5.31. The number of halogens is 2. The lowest BCUT2D eigenvalue weighted by Crippen LogP contribution is -2.20. The summed E-state index contributed by atoms with van der Waals surface area (Å²) in [7, 11) is 0. The molecule has 26 heavy (non-hydrogen) atoms. The molecule has 1 aliphatic rings. The number of carbonyl (C=O) groups excluding carboxylic acids is 1. The number of amidine groups is 1. The average Bonchev–Trinajstić information content (AvgIpc) is 3.19. The van der Waals surface area contributed by atoms with Crippen molar-refractivity contribution in [1.82, 2.24) is 5.32 Å². The van der Waals surface area contributed by atoms with Crippen molar-refractivity contribution >= 4 is 68.8 Å². The number of nitrogens with zero attached hydrogens (tertiary/aromatic N) is 2. The number of thioether (sulfide) groups is 1. The highest BCUT2D eigenvalue weighted by Crippen LogP contribution is 2.29. The Bertz CT molecular complexity index is 829. The van der Waals surface area contributed by atoms with Crippen LogP contribution in [0.5, 0.6) is 0 Å². The summed E-state index contributed by atoms with van der Waals surface area (Å²) in [5.41, 5.74) is 0.786. The van der Waals surface area contributed by atoms with Crippen LogP contribution >= 0.6 is 40.1 Å². The quantitative estimate of drug-likeness (QED) is 0.628. The molecule has 1 aromatic carbocycles. The summed E-state index contributed by atoms with van der Waals surface area (Å²) in [6, 6.07) is 11.4. The number of furan rings is 1. The Balaban J connectivity index is 0.00000243. The fourth-order valence-corrected chi connectivity index (χ4v) is 3.45. The molecule has 2 aromatic rings. The number of benzene rings is 1. The van der Waals surface area contributed by atoms with Gasteiger partial charge in [0.25, 0.3) is 5.91 Å². The SMILES string of the molecule is CCN(CC)c1ccc(C=C2SC(=Nc3ccc(Br)cc3)NC2=O)o1.Cl. The van der Waals surface area contributed by atoms with Gasteiger partial charge in [0.15, 0.2) is 11.1 Å². The maximum atomic E-state index is 12.1. The van der Waals surface area contributed by atoms with E-state index >= 15 is 0 Å². The van der Waals surface area contributed by atoms with Gasteiger partial charge in [-0.1, -0.05) is 15.9 Å². The Morgan fingerprint density at radius 2 is 1.88 bits per heavy atom. The van der Waals surface area contributed by atoms with Crippen molar-refractivity contribution in [3.63, 3.8) is 0 Å². The molecule has 1 N–H and O–H groups in total. The summed E-state index contributed by atoms with van der Waals surface area (Å²) in [4.78, 5) is 19.3. The molecule has 0 spiro atoms. The Hall–Kier alpha value is -1.70. The second kappa shape index (κ2) is 9.30. The van der Waals surface area contributed by atoms with E-state index in [0.717, 1.165) is 29.1 Å². The Kier molecular flexibility index (Phi) is 7.37. The van der Waals surface area contributed by atoms with E-state index in [-0.39, 0.29) is 18.3 Å². The van der Waals surface area contributed by atoms with Gasteiger partial charge < -0.3 is 14.6 Å². The highest BCUT2D eigenvalue weighted by molar-refractivity contribution is 9.10. The molecular formula is C18H19BrClN3O2S. The molecule has 1 amide bonds. The molecule has 1 aromatic heterocycles. The van der Waals surface area contributed by atoms with Gasteiger partial charge in [-0.25, -0.2) is 4.99 Å². The minimum atomic E-state index is -0.165. The number of amides is 1. The van der Waals surface area contributed by atoms with E-state index in [2.05, 4.69) is 45.0 Å². The number of hydrogen-bond acceptors (Lipinski definition) is 5. The Morgan fingerprint density at radius 1 is 1.19 bits per heavy atom. The van der Waals surface area contributed by atoms with Crippen LogP contribution in [0.15, 0.2) is 55.2 Å². The first-order valence-corrected chi connectivity index (χ1v) is 9.60. The van der Waals surface area contributed by atoms with Crippen molar-refractivity contribution < 1.29 is 9.21 Å². The van der Waals surface area contributed by atoms with E-state index in [1.807, 2.05) is 36.4 Å². The van der Waals surface area contributed by atoms with Crippen LogP contribution in [-0.2, 0) is 4.79 Å². The Morgan fingerprint density at radius 3 is 2.54 bits per heavy atom. The minimum absolute atomic E-state index is 0. The lowest BCUT2D eigenvalue weighted by molar-refractivity contribution is -0.115. The average molecular weight is 457 g/mol. The fraction of sp³-hybridized carbons (Fsp3) is 0.222. The smallest absolute Gasteiger partial charge is 0.264 e. The molecule has 138 valence electrons. The molecule has 2 heterocycles. The third kappa shape index (κ3) is 4.93. The van der Waals surface area contributed by atoms with Crippen LogP contribution in [0.25, 0.3) is 6.08 Å². The zero-order valence-electron chi connectivity index (χ0n) is 14.4. The molecule has 1 saturated heterocycles. The highest BCUT2D eigenvalue weighted by atomic mass is 79.9. The van der Waals surface area contributed by atoms with Crippen LogP contribution in [0.3, 0.4) is 0 Å². The lowest BCUT2D eigenvalue weighted by atomic mass is 10.3. The van der Waals surface area contributed by atoms with Crippen LogP contribution < -0.4 is 10.2 Å². The summed E-state index contributed by atoms with van der Waals surface area (Å²) >= 11 is 4.70. The standard InChI is InChI=1S/C18H18BrN3O2S.ClH/c1-3-22(4-2)16-10-9-14(24-16)11-15-17(23)21-18(25-15)20-13-7-5-12(19)6-8-13;/h5-11H,3-4H2,1-2H3,(H,20,21,23);1H. The van der Waals surface area contributed by atoms with Crippen molar-refractivity contribution in [2.75, 3.05) is 18.0 Å². The van der Waals surface area contributed by atoms with Crippen molar-refractivity contribution in [1.29, 1.82) is 0 Å². The van der Waals surface area contributed by atoms with Crippen LogP contribution in [0.2, 0.25) is 0 Å². The van der Waals surface area contributed by atoms with Crippen LogP contribution in [-0.4, -0.2) is 24.2 Å². The van der Waals surface area contributed by atoms with Gasteiger partial charge in [0.05, 0.1) is 10.6 Å². The predicted molar refractivity (Wildman–Crippen MR) is 114 cm³/mol. The maximum absolute atomic E-state index is 12.1. The van der Waals surface area contributed by atoms with Crippen molar-refractivity contribution in [2.24, 2.45) is 4.99 Å². The molecule has 1 aliphatic heterocycles. The Labute approximate surface area is 171 Å². The number of anilines is 1. The normalized spacial score (nSPS) is 16.7. The van der Waals surface area contributed by atoms with E-state index < -0.39 is 0 Å². The molecule has 3 rings (SSSR count). The van der Waals surface area contributed by atoms with Gasteiger partial charge in [-0.3, -0.25) is 4.79 Å².